The van der Waals surface area contributed by atoms with Gasteiger partial charge < -0.3 is 14.9 Å². The molecule has 0 aliphatic carbocycles. The number of β-amino-alcohol motifs (C(OH)–C–C–N with tert-alkyl or cyclic N) is 1. The number of carbonyl (C=O) groups excluding carboxylic acids is 1. The van der Waals surface area contributed by atoms with Crippen molar-refractivity contribution in [3.63, 3.8) is 0 Å². The van der Waals surface area contributed by atoms with Crippen LogP contribution in [0.3, 0.4) is 0 Å². The number of carbonyl (C=O) groups is 1. The summed E-state index contributed by atoms with van der Waals surface area (Å²) in [5, 5.41) is 16.4. The van der Waals surface area contributed by atoms with Crippen molar-refractivity contribution in [3.8, 4) is 21.8 Å². The second-order valence-electron chi connectivity index (χ2n) is 9.31. The number of pyridine rings is 1. The van der Waals surface area contributed by atoms with Crippen LogP contribution in [0.2, 0.25) is 0 Å². The lowest BCUT2D eigenvalue weighted by molar-refractivity contribution is 0.0964. The highest BCUT2D eigenvalue weighted by atomic mass is 32.1. The molecule has 1 N–H and O–H groups in total. The van der Waals surface area contributed by atoms with Crippen molar-refractivity contribution < 1.29 is 9.90 Å². The fraction of sp³-hybridized carbons (Fsp3) is 0.407. The van der Waals surface area contributed by atoms with Crippen molar-refractivity contribution in [1.82, 2.24) is 24.5 Å². The molecule has 0 unspecified atom stereocenters. The van der Waals surface area contributed by atoms with Gasteiger partial charge in [0.1, 0.15) is 5.82 Å². The number of hydrogen-bond acceptors (Lipinski definition) is 8. The lowest BCUT2D eigenvalue weighted by atomic mass is 10.0. The molecule has 0 radical (unpaired) electrons. The molecule has 8 nitrogen and oxygen atoms in total. The van der Waals surface area contributed by atoms with Crippen LogP contribution in [0.25, 0.3) is 27.5 Å². The molecule has 36 heavy (non-hydrogen) atoms. The third-order valence-electron chi connectivity index (χ3n) is 6.96. The zero-order valence-corrected chi connectivity index (χ0v) is 21.8. The minimum absolute atomic E-state index is 0.101. The van der Waals surface area contributed by atoms with Crippen LogP contribution in [0, 0.1) is 0 Å². The number of aliphatic hydroxyl groups excluding tert-OH is 1. The quantitative estimate of drug-likeness (QED) is 0.321. The summed E-state index contributed by atoms with van der Waals surface area (Å²) in [5.41, 5.74) is 3.66. The van der Waals surface area contributed by atoms with E-state index >= 15 is 0 Å². The standard InChI is InChI=1S/C27H32N6O2S/c1-4-31(5-2)18(3)8-9-24(35)19-13-23(29-26(14-19)32-16-20(34)17-32)21-15-28-33-11-10-22(30-27(21)33)25-7-6-12-36-25/h6-7,10-15,18,20,34H,4-5,8-9,16-17H2,1-3H3/t18-/m0/s1. The topological polar surface area (TPSA) is 86.9 Å². The van der Waals surface area contributed by atoms with Crippen molar-refractivity contribution >= 4 is 28.6 Å². The first-order valence-corrected chi connectivity index (χ1v) is 13.5. The highest BCUT2D eigenvalue weighted by molar-refractivity contribution is 7.13. The van der Waals surface area contributed by atoms with Crippen molar-refractivity contribution in [2.75, 3.05) is 31.1 Å². The van der Waals surface area contributed by atoms with E-state index in [0.29, 0.717) is 48.3 Å². The average molecular weight is 505 g/mol. The Morgan fingerprint density at radius 2 is 2.00 bits per heavy atom. The molecule has 0 spiro atoms. The second kappa shape index (κ2) is 10.5. The van der Waals surface area contributed by atoms with E-state index in [-0.39, 0.29) is 11.9 Å². The Morgan fingerprint density at radius 3 is 2.69 bits per heavy atom. The van der Waals surface area contributed by atoms with Gasteiger partial charge in [-0.15, -0.1) is 11.3 Å². The number of anilines is 1. The molecule has 4 aromatic rings. The van der Waals surface area contributed by atoms with Crippen LogP contribution in [0.15, 0.2) is 48.1 Å². The highest BCUT2D eigenvalue weighted by Gasteiger charge is 2.27. The first-order chi connectivity index (χ1) is 17.5. The smallest absolute Gasteiger partial charge is 0.165 e. The van der Waals surface area contributed by atoms with Crippen LogP contribution in [-0.4, -0.2) is 73.7 Å². The summed E-state index contributed by atoms with van der Waals surface area (Å²) in [5.74, 6) is 0.801. The fourth-order valence-corrected chi connectivity index (χ4v) is 5.44. The predicted octanol–water partition coefficient (Wildman–Crippen LogP) is 4.39. The molecule has 5 heterocycles. The lowest BCUT2D eigenvalue weighted by Crippen LogP contribution is -2.51. The number of nitrogens with zero attached hydrogens (tertiary/aromatic N) is 6. The van der Waals surface area contributed by atoms with Gasteiger partial charge in [-0.1, -0.05) is 19.9 Å². The maximum Gasteiger partial charge on any atom is 0.165 e. The third kappa shape index (κ3) is 4.91. The van der Waals surface area contributed by atoms with E-state index in [1.165, 1.54) is 0 Å². The molecule has 188 valence electrons. The van der Waals surface area contributed by atoms with Crippen molar-refractivity contribution in [1.29, 1.82) is 0 Å². The molecule has 1 aliphatic rings. The van der Waals surface area contributed by atoms with E-state index in [1.807, 2.05) is 46.8 Å². The van der Waals surface area contributed by atoms with Crippen LogP contribution >= 0.6 is 11.3 Å². The second-order valence-corrected chi connectivity index (χ2v) is 10.3. The maximum atomic E-state index is 13.3. The van der Waals surface area contributed by atoms with Crippen LogP contribution in [-0.2, 0) is 0 Å². The zero-order valence-electron chi connectivity index (χ0n) is 21.0. The molecule has 0 saturated carbocycles. The van der Waals surface area contributed by atoms with Gasteiger partial charge in [0.2, 0.25) is 0 Å². The Bertz CT molecular complexity index is 1340. The third-order valence-corrected chi connectivity index (χ3v) is 7.86. The van der Waals surface area contributed by atoms with Gasteiger partial charge in [-0.3, -0.25) is 4.79 Å². The molecule has 1 atom stereocenters. The largest absolute Gasteiger partial charge is 0.389 e. The molecule has 5 rings (SSSR count). The molecule has 0 bridgehead atoms. The minimum Gasteiger partial charge on any atom is -0.389 e. The van der Waals surface area contributed by atoms with Gasteiger partial charge in [0.15, 0.2) is 11.4 Å². The van der Waals surface area contributed by atoms with Gasteiger partial charge in [-0.25, -0.2) is 14.5 Å². The SMILES string of the molecule is CCN(CC)[C@@H](C)CCC(=O)c1cc(-c2cnn3ccc(-c4cccs4)nc23)nc(N2CC(O)C2)c1. The minimum atomic E-state index is -0.364. The number of hydrogen-bond donors (Lipinski definition) is 1. The summed E-state index contributed by atoms with van der Waals surface area (Å²) in [4.78, 5) is 28.5. The van der Waals surface area contributed by atoms with Crippen LogP contribution in [0.4, 0.5) is 5.82 Å². The Morgan fingerprint density at radius 1 is 1.19 bits per heavy atom. The number of rotatable bonds is 10. The maximum absolute atomic E-state index is 13.3. The van der Waals surface area contributed by atoms with Crippen LogP contribution < -0.4 is 4.90 Å². The normalized spacial score (nSPS) is 15.0. The van der Waals surface area contributed by atoms with E-state index in [0.717, 1.165) is 35.6 Å². The van der Waals surface area contributed by atoms with E-state index in [1.54, 1.807) is 22.0 Å². The number of thiophene rings is 1. The Kier molecular flexibility index (Phi) is 7.13. The van der Waals surface area contributed by atoms with Crippen molar-refractivity contribution in [2.45, 2.75) is 45.8 Å². The van der Waals surface area contributed by atoms with Crippen LogP contribution in [0.1, 0.15) is 44.0 Å². The summed E-state index contributed by atoms with van der Waals surface area (Å²) in [7, 11) is 0. The highest BCUT2D eigenvalue weighted by Crippen LogP contribution is 2.30. The Labute approximate surface area is 215 Å². The van der Waals surface area contributed by atoms with Crippen molar-refractivity contribution in [2.24, 2.45) is 0 Å². The molecule has 1 aliphatic heterocycles. The molecular formula is C27H32N6O2S. The summed E-state index contributed by atoms with van der Waals surface area (Å²) in [6.45, 7) is 9.46. The van der Waals surface area contributed by atoms with E-state index in [2.05, 4.69) is 30.8 Å². The van der Waals surface area contributed by atoms with Gasteiger partial charge in [0.25, 0.3) is 0 Å². The molecule has 0 aromatic carbocycles. The number of ketones is 1. The number of aromatic nitrogens is 4. The number of Topliss-reactive ketones (excluding diaryl/α,β-unsaturated/α-hetero) is 1. The summed E-state index contributed by atoms with van der Waals surface area (Å²) in [6, 6.07) is 10.1. The van der Waals surface area contributed by atoms with E-state index < -0.39 is 0 Å². The van der Waals surface area contributed by atoms with Gasteiger partial charge in [-0.2, -0.15) is 5.10 Å². The van der Waals surface area contributed by atoms with E-state index in [4.69, 9.17) is 9.97 Å². The number of fused-ring (bicyclic) bond motifs is 1. The Balaban J connectivity index is 1.49. The van der Waals surface area contributed by atoms with Gasteiger partial charge in [0.05, 0.1) is 34.1 Å². The van der Waals surface area contributed by atoms with Gasteiger partial charge in [-0.05, 0) is 56.1 Å². The summed E-state index contributed by atoms with van der Waals surface area (Å²) < 4.78 is 1.74. The number of aliphatic hydroxyl groups is 1. The first-order valence-electron chi connectivity index (χ1n) is 12.6. The summed E-state index contributed by atoms with van der Waals surface area (Å²) >= 11 is 1.64. The first kappa shape index (κ1) is 24.5. The molecular weight excluding hydrogens is 472 g/mol. The molecule has 9 heteroatoms. The van der Waals surface area contributed by atoms with Gasteiger partial charge >= 0.3 is 0 Å². The predicted molar refractivity (Wildman–Crippen MR) is 144 cm³/mol. The van der Waals surface area contributed by atoms with E-state index in [9.17, 15) is 9.90 Å². The van der Waals surface area contributed by atoms with Gasteiger partial charge in [0, 0.05) is 37.3 Å². The zero-order chi connectivity index (χ0) is 25.2. The lowest BCUT2D eigenvalue weighted by Gasteiger charge is -2.37. The Hall–Kier alpha value is -3.14. The monoisotopic (exact) mass is 504 g/mol. The molecule has 1 fully saturated rings. The fourth-order valence-electron chi connectivity index (χ4n) is 4.74. The molecule has 1 saturated heterocycles. The average Bonchev–Trinajstić information content (AvgIpc) is 3.56. The van der Waals surface area contributed by atoms with Crippen molar-refractivity contribution in [3.05, 3.63) is 53.7 Å². The molecule has 0 amide bonds. The van der Waals surface area contributed by atoms with Crippen LogP contribution in [0.5, 0.6) is 0 Å². The molecule has 4 aromatic heterocycles. The summed E-state index contributed by atoms with van der Waals surface area (Å²) in [6.07, 6.45) is 4.57.